The number of carbonyl (C=O) groups excluding carboxylic acids is 2. The molecular formula is C19H19N4O2. The second-order valence-corrected chi connectivity index (χ2v) is 5.67. The van der Waals surface area contributed by atoms with Crippen molar-refractivity contribution >= 4 is 29.0 Å². The van der Waals surface area contributed by atoms with Gasteiger partial charge in [0.15, 0.2) is 5.84 Å². The van der Waals surface area contributed by atoms with E-state index in [4.69, 9.17) is 5.73 Å². The number of hydrogen-bond acceptors (Lipinski definition) is 4. The number of carbonyl (C=O) groups is 2. The number of primary amides is 1. The summed E-state index contributed by atoms with van der Waals surface area (Å²) in [5.41, 5.74) is 7.73. The van der Waals surface area contributed by atoms with Gasteiger partial charge < -0.3 is 16.0 Å². The van der Waals surface area contributed by atoms with Crippen LogP contribution in [-0.2, 0) is 9.59 Å². The van der Waals surface area contributed by atoms with E-state index in [0.29, 0.717) is 18.8 Å². The predicted molar refractivity (Wildman–Crippen MR) is 98.4 cm³/mol. The van der Waals surface area contributed by atoms with E-state index in [-0.39, 0.29) is 11.7 Å². The van der Waals surface area contributed by atoms with Gasteiger partial charge in [0.05, 0.1) is 6.42 Å². The molecule has 6 heteroatoms. The molecule has 3 rings (SSSR count). The van der Waals surface area contributed by atoms with E-state index in [0.717, 1.165) is 17.7 Å². The lowest BCUT2D eigenvalue weighted by molar-refractivity contribution is -0.113. The summed E-state index contributed by atoms with van der Waals surface area (Å²) in [6.07, 6.45) is 2.40. The van der Waals surface area contributed by atoms with Crippen molar-refractivity contribution in [1.29, 1.82) is 0 Å². The second kappa shape index (κ2) is 7.61. The molecule has 6 nitrogen and oxygen atoms in total. The Hall–Kier alpha value is -3.15. The summed E-state index contributed by atoms with van der Waals surface area (Å²) >= 11 is 0. The van der Waals surface area contributed by atoms with E-state index < -0.39 is 5.91 Å². The van der Waals surface area contributed by atoms with Crippen molar-refractivity contribution in [2.45, 2.75) is 6.42 Å². The van der Waals surface area contributed by atoms with Gasteiger partial charge in [0.1, 0.15) is 0 Å². The Kier molecular flexibility index (Phi) is 5.09. The Morgan fingerprint density at radius 1 is 1.08 bits per heavy atom. The smallest absolute Gasteiger partial charge is 0.284 e. The third-order valence-electron chi connectivity index (χ3n) is 3.82. The standard InChI is InChI=1S/C19H19N4O2/c20-18(25)19-21-11-4-12-23(19)16-9-7-15(8-10-16)22-17(24)13-14-5-2-1-3-6-14/h1-3,5-10,13H,4,11-12H2,(H2,20,25)(H,22,24). The SMILES string of the molecule is NC(=O)C1=NCCCN1c1ccc(NC(=O)[CH]c2ccccc2)cc1. The van der Waals surface area contributed by atoms with Gasteiger partial charge in [-0.2, -0.15) is 0 Å². The summed E-state index contributed by atoms with van der Waals surface area (Å²) in [7, 11) is 0. The van der Waals surface area contributed by atoms with Crippen LogP contribution in [0.2, 0.25) is 0 Å². The molecule has 1 aliphatic rings. The zero-order chi connectivity index (χ0) is 17.6. The molecule has 1 heterocycles. The Balaban J connectivity index is 1.66. The van der Waals surface area contributed by atoms with Crippen LogP contribution in [0.1, 0.15) is 12.0 Å². The van der Waals surface area contributed by atoms with E-state index in [9.17, 15) is 9.59 Å². The Morgan fingerprint density at radius 3 is 2.48 bits per heavy atom. The van der Waals surface area contributed by atoms with Crippen molar-refractivity contribution in [2.24, 2.45) is 10.7 Å². The van der Waals surface area contributed by atoms with Crippen LogP contribution in [0.5, 0.6) is 0 Å². The van der Waals surface area contributed by atoms with Crippen molar-refractivity contribution in [1.82, 2.24) is 0 Å². The van der Waals surface area contributed by atoms with Gasteiger partial charge in [-0.25, -0.2) is 0 Å². The lowest BCUT2D eigenvalue weighted by atomic mass is 10.1. The van der Waals surface area contributed by atoms with Crippen LogP contribution in [0, 0.1) is 6.42 Å². The van der Waals surface area contributed by atoms with Gasteiger partial charge in [-0.3, -0.25) is 14.6 Å². The van der Waals surface area contributed by atoms with Gasteiger partial charge in [-0.1, -0.05) is 30.3 Å². The first-order valence-corrected chi connectivity index (χ1v) is 8.06. The number of amidine groups is 1. The quantitative estimate of drug-likeness (QED) is 0.876. The third-order valence-corrected chi connectivity index (χ3v) is 3.82. The lowest BCUT2D eigenvalue weighted by Gasteiger charge is -2.27. The summed E-state index contributed by atoms with van der Waals surface area (Å²) in [6.45, 7) is 1.30. The highest BCUT2D eigenvalue weighted by Crippen LogP contribution is 2.21. The maximum atomic E-state index is 12.1. The minimum atomic E-state index is -0.533. The number of benzene rings is 2. The van der Waals surface area contributed by atoms with E-state index in [1.807, 2.05) is 42.5 Å². The number of anilines is 2. The van der Waals surface area contributed by atoms with Gasteiger partial charge in [-0.05, 0) is 36.2 Å². The molecule has 0 atom stereocenters. The summed E-state index contributed by atoms with van der Waals surface area (Å²) in [5.74, 6) is -0.453. The Morgan fingerprint density at radius 2 is 1.80 bits per heavy atom. The molecule has 0 spiro atoms. The average Bonchev–Trinajstić information content (AvgIpc) is 2.63. The summed E-state index contributed by atoms with van der Waals surface area (Å²) < 4.78 is 0. The van der Waals surface area contributed by atoms with Crippen LogP contribution < -0.4 is 16.0 Å². The molecule has 1 radical (unpaired) electrons. The molecule has 0 bridgehead atoms. The van der Waals surface area contributed by atoms with Crippen LogP contribution in [0.4, 0.5) is 11.4 Å². The molecule has 0 saturated carbocycles. The third kappa shape index (κ3) is 4.23. The molecule has 0 aliphatic carbocycles. The first-order chi connectivity index (χ1) is 12.1. The molecular weight excluding hydrogens is 316 g/mol. The summed E-state index contributed by atoms with van der Waals surface area (Å²) in [6, 6.07) is 16.6. The van der Waals surface area contributed by atoms with Crippen molar-refractivity contribution in [3.05, 3.63) is 66.6 Å². The van der Waals surface area contributed by atoms with Gasteiger partial charge in [-0.15, -0.1) is 0 Å². The first kappa shape index (κ1) is 16.7. The molecule has 25 heavy (non-hydrogen) atoms. The molecule has 1 aliphatic heterocycles. The van der Waals surface area contributed by atoms with E-state index in [1.165, 1.54) is 6.42 Å². The van der Waals surface area contributed by atoms with Gasteiger partial charge in [0, 0.05) is 24.5 Å². The van der Waals surface area contributed by atoms with Crippen molar-refractivity contribution in [2.75, 3.05) is 23.3 Å². The fourth-order valence-electron chi connectivity index (χ4n) is 2.67. The number of hydrogen-bond donors (Lipinski definition) is 2. The van der Waals surface area contributed by atoms with E-state index >= 15 is 0 Å². The monoisotopic (exact) mass is 335 g/mol. The van der Waals surface area contributed by atoms with Gasteiger partial charge in [0.2, 0.25) is 5.91 Å². The molecule has 2 amide bonds. The second-order valence-electron chi connectivity index (χ2n) is 5.67. The molecule has 2 aromatic rings. The Bertz CT molecular complexity index is 785. The van der Waals surface area contributed by atoms with Crippen LogP contribution in [0.3, 0.4) is 0 Å². The molecule has 0 unspecified atom stereocenters. The van der Waals surface area contributed by atoms with Crippen LogP contribution in [-0.4, -0.2) is 30.7 Å². The predicted octanol–water partition coefficient (Wildman–Crippen LogP) is 1.97. The van der Waals surface area contributed by atoms with Crippen molar-refractivity contribution in [3.63, 3.8) is 0 Å². The topological polar surface area (TPSA) is 87.8 Å². The highest BCUT2D eigenvalue weighted by atomic mass is 16.2. The summed E-state index contributed by atoms with van der Waals surface area (Å²) in [4.78, 5) is 29.6. The number of nitrogens with zero attached hydrogens (tertiary/aromatic N) is 2. The number of aliphatic imine (C=N–C) groups is 1. The van der Waals surface area contributed by atoms with Crippen LogP contribution in [0.15, 0.2) is 59.6 Å². The number of rotatable bonds is 5. The fourth-order valence-corrected chi connectivity index (χ4v) is 2.67. The highest BCUT2D eigenvalue weighted by Gasteiger charge is 2.21. The zero-order valence-electron chi connectivity index (χ0n) is 13.7. The lowest BCUT2D eigenvalue weighted by Crippen LogP contribution is -2.43. The van der Waals surface area contributed by atoms with E-state index in [1.54, 1.807) is 17.0 Å². The minimum absolute atomic E-state index is 0.198. The largest absolute Gasteiger partial charge is 0.363 e. The number of nitrogens with two attached hydrogens (primary N) is 1. The minimum Gasteiger partial charge on any atom is -0.363 e. The van der Waals surface area contributed by atoms with Crippen LogP contribution in [0.25, 0.3) is 0 Å². The fraction of sp³-hybridized carbons (Fsp3) is 0.158. The number of amides is 2. The molecule has 3 N–H and O–H groups in total. The number of nitrogens with one attached hydrogen (secondary N) is 1. The van der Waals surface area contributed by atoms with Gasteiger partial charge in [0.25, 0.3) is 5.91 Å². The highest BCUT2D eigenvalue weighted by molar-refractivity contribution is 6.42. The first-order valence-electron chi connectivity index (χ1n) is 8.06. The average molecular weight is 335 g/mol. The van der Waals surface area contributed by atoms with Gasteiger partial charge >= 0.3 is 0 Å². The molecule has 0 aromatic heterocycles. The van der Waals surface area contributed by atoms with Crippen molar-refractivity contribution in [3.8, 4) is 0 Å². The molecule has 0 saturated heterocycles. The Labute approximate surface area is 146 Å². The maximum Gasteiger partial charge on any atom is 0.284 e. The van der Waals surface area contributed by atoms with Crippen LogP contribution >= 0.6 is 0 Å². The van der Waals surface area contributed by atoms with E-state index in [2.05, 4.69) is 10.3 Å². The summed E-state index contributed by atoms with van der Waals surface area (Å²) in [5, 5.41) is 2.82. The maximum absolute atomic E-state index is 12.1. The zero-order valence-corrected chi connectivity index (χ0v) is 13.7. The van der Waals surface area contributed by atoms with Crippen molar-refractivity contribution < 1.29 is 9.59 Å². The molecule has 127 valence electrons. The molecule has 2 aromatic carbocycles. The normalized spacial score (nSPS) is 13.9. The molecule has 0 fully saturated rings.